The lowest BCUT2D eigenvalue weighted by Gasteiger charge is -2.22. The van der Waals surface area contributed by atoms with Crippen molar-refractivity contribution in [2.75, 3.05) is 19.5 Å². The number of ether oxygens (including phenoxy) is 2. The first-order chi connectivity index (χ1) is 12.0. The van der Waals surface area contributed by atoms with Crippen LogP contribution in [0, 0.1) is 0 Å². The molecule has 6 nitrogen and oxygen atoms in total. The molecule has 2 aromatic rings. The third kappa shape index (κ3) is 2.85. The van der Waals surface area contributed by atoms with Gasteiger partial charge in [0.15, 0.2) is 11.6 Å². The molecular weight excluding hydrogens is 322 g/mol. The molecule has 0 radical (unpaired) electrons. The van der Waals surface area contributed by atoms with Crippen LogP contribution in [0.1, 0.15) is 45.2 Å². The molecule has 2 aromatic carbocycles. The van der Waals surface area contributed by atoms with Crippen LogP contribution in [0.3, 0.4) is 0 Å². The number of benzene rings is 2. The van der Waals surface area contributed by atoms with Gasteiger partial charge in [0.05, 0.1) is 29.5 Å². The molecule has 130 valence electrons. The standard InChI is InChI=1S/C19H19NO5/c1-10(24-2)7-8-25-14-9-13(21)15-16(17(14)20)19(23)12-6-4-3-5-11(12)18(15)22/h3-6,9-10,21H,7-8,20H2,1-2H3/t10-/m1/s1. The highest BCUT2D eigenvalue weighted by Crippen LogP contribution is 2.41. The average molecular weight is 341 g/mol. The summed E-state index contributed by atoms with van der Waals surface area (Å²) < 4.78 is 10.7. The van der Waals surface area contributed by atoms with Gasteiger partial charge >= 0.3 is 0 Å². The maximum atomic E-state index is 12.8. The fourth-order valence-electron chi connectivity index (χ4n) is 2.85. The third-order valence-corrected chi connectivity index (χ3v) is 4.36. The van der Waals surface area contributed by atoms with Crippen LogP contribution in [-0.2, 0) is 4.74 Å². The molecule has 0 aliphatic heterocycles. The highest BCUT2D eigenvalue weighted by atomic mass is 16.5. The number of phenolic OH excluding ortho intramolecular Hbond substituents is 1. The Hall–Kier alpha value is -2.86. The number of nitrogen functional groups attached to an aromatic ring is 1. The van der Waals surface area contributed by atoms with Crippen molar-refractivity contribution in [2.24, 2.45) is 0 Å². The Morgan fingerprint density at radius 3 is 2.32 bits per heavy atom. The summed E-state index contributed by atoms with van der Waals surface area (Å²) in [5.41, 5.74) is 6.62. The minimum Gasteiger partial charge on any atom is -0.507 e. The number of phenols is 1. The summed E-state index contributed by atoms with van der Waals surface area (Å²) in [6.07, 6.45) is 0.617. The second-order valence-corrected chi connectivity index (χ2v) is 5.94. The lowest BCUT2D eigenvalue weighted by Crippen LogP contribution is -2.23. The monoisotopic (exact) mass is 341 g/mol. The number of hydrogen-bond donors (Lipinski definition) is 2. The molecule has 0 amide bonds. The zero-order valence-electron chi connectivity index (χ0n) is 14.0. The molecule has 1 aliphatic carbocycles. The fourth-order valence-corrected chi connectivity index (χ4v) is 2.85. The van der Waals surface area contributed by atoms with E-state index >= 15 is 0 Å². The predicted octanol–water partition coefficient (Wildman–Crippen LogP) is 2.55. The Balaban J connectivity index is 2.01. The zero-order chi connectivity index (χ0) is 18.1. The van der Waals surface area contributed by atoms with Gasteiger partial charge in [0.25, 0.3) is 0 Å². The fraction of sp³-hybridized carbons (Fsp3) is 0.263. The molecule has 0 heterocycles. The van der Waals surface area contributed by atoms with Crippen molar-refractivity contribution in [1.29, 1.82) is 0 Å². The Morgan fingerprint density at radius 1 is 1.12 bits per heavy atom. The Bertz CT molecular complexity index is 859. The molecule has 1 atom stereocenters. The van der Waals surface area contributed by atoms with Crippen molar-refractivity contribution in [3.05, 3.63) is 52.6 Å². The summed E-state index contributed by atoms with van der Waals surface area (Å²) in [6, 6.07) is 7.76. The summed E-state index contributed by atoms with van der Waals surface area (Å²) >= 11 is 0. The van der Waals surface area contributed by atoms with Crippen LogP contribution in [0.5, 0.6) is 11.5 Å². The molecule has 3 N–H and O–H groups in total. The van der Waals surface area contributed by atoms with Crippen LogP contribution >= 0.6 is 0 Å². The van der Waals surface area contributed by atoms with Gasteiger partial charge in [-0.15, -0.1) is 0 Å². The van der Waals surface area contributed by atoms with E-state index in [1.165, 1.54) is 6.07 Å². The number of carbonyl (C=O) groups is 2. The largest absolute Gasteiger partial charge is 0.507 e. The van der Waals surface area contributed by atoms with Crippen LogP contribution < -0.4 is 10.5 Å². The van der Waals surface area contributed by atoms with Gasteiger partial charge in [-0.2, -0.15) is 0 Å². The highest BCUT2D eigenvalue weighted by molar-refractivity contribution is 6.31. The van der Waals surface area contributed by atoms with E-state index in [1.54, 1.807) is 31.4 Å². The molecule has 0 unspecified atom stereocenters. The maximum Gasteiger partial charge on any atom is 0.198 e. The normalized spacial score (nSPS) is 14.0. The topological polar surface area (TPSA) is 98.8 Å². The van der Waals surface area contributed by atoms with E-state index in [0.29, 0.717) is 13.0 Å². The van der Waals surface area contributed by atoms with Crippen molar-refractivity contribution < 1.29 is 24.2 Å². The van der Waals surface area contributed by atoms with Crippen LogP contribution in [0.2, 0.25) is 0 Å². The Labute approximate surface area is 145 Å². The van der Waals surface area contributed by atoms with Gasteiger partial charge in [-0.25, -0.2) is 0 Å². The van der Waals surface area contributed by atoms with E-state index in [4.69, 9.17) is 15.2 Å². The average Bonchev–Trinajstić information content (AvgIpc) is 2.62. The predicted molar refractivity (Wildman–Crippen MR) is 92.4 cm³/mol. The number of carbonyl (C=O) groups excluding carboxylic acids is 2. The van der Waals surface area contributed by atoms with Crippen molar-refractivity contribution in [3.8, 4) is 11.5 Å². The smallest absolute Gasteiger partial charge is 0.198 e. The Kier molecular flexibility index (Phi) is 4.46. The second kappa shape index (κ2) is 6.57. The summed E-state index contributed by atoms with van der Waals surface area (Å²) in [6.45, 7) is 2.20. The number of methoxy groups -OCH3 is 1. The van der Waals surface area contributed by atoms with Crippen molar-refractivity contribution in [3.63, 3.8) is 0 Å². The molecule has 0 aromatic heterocycles. The molecule has 1 aliphatic rings. The minimum atomic E-state index is -0.422. The van der Waals surface area contributed by atoms with Gasteiger partial charge in [-0.1, -0.05) is 24.3 Å². The van der Waals surface area contributed by atoms with Crippen LogP contribution in [0.25, 0.3) is 0 Å². The number of nitrogens with two attached hydrogens (primary N) is 1. The molecule has 0 saturated heterocycles. The van der Waals surface area contributed by atoms with Crippen LogP contribution in [-0.4, -0.2) is 36.5 Å². The summed E-state index contributed by atoms with van der Waals surface area (Å²) in [5, 5.41) is 10.3. The Morgan fingerprint density at radius 2 is 1.72 bits per heavy atom. The van der Waals surface area contributed by atoms with E-state index in [2.05, 4.69) is 0 Å². The van der Waals surface area contributed by atoms with Gasteiger partial charge in [0, 0.05) is 30.7 Å². The van der Waals surface area contributed by atoms with Gasteiger partial charge in [0.2, 0.25) is 0 Å². The van der Waals surface area contributed by atoms with E-state index in [0.717, 1.165) is 0 Å². The highest BCUT2D eigenvalue weighted by Gasteiger charge is 2.35. The van der Waals surface area contributed by atoms with Crippen LogP contribution in [0.15, 0.2) is 30.3 Å². The van der Waals surface area contributed by atoms with Gasteiger partial charge in [-0.05, 0) is 6.92 Å². The van der Waals surface area contributed by atoms with Gasteiger partial charge in [0.1, 0.15) is 11.5 Å². The lowest BCUT2D eigenvalue weighted by atomic mass is 9.82. The molecule has 0 bridgehead atoms. The van der Waals surface area contributed by atoms with Crippen molar-refractivity contribution in [1.82, 2.24) is 0 Å². The SMILES string of the molecule is CO[C@H](C)CCOc1cc(O)c2c(c1N)C(=O)c1ccccc1C2=O. The van der Waals surface area contributed by atoms with E-state index in [1.807, 2.05) is 6.92 Å². The number of aromatic hydroxyl groups is 1. The van der Waals surface area contributed by atoms with Crippen LogP contribution in [0.4, 0.5) is 5.69 Å². The molecule has 0 fully saturated rings. The quantitative estimate of drug-likeness (QED) is 0.546. The molecule has 25 heavy (non-hydrogen) atoms. The number of ketones is 2. The molecule has 6 heteroatoms. The number of rotatable bonds is 5. The van der Waals surface area contributed by atoms with Gasteiger partial charge in [-0.3, -0.25) is 9.59 Å². The number of hydrogen-bond acceptors (Lipinski definition) is 6. The molecule has 3 rings (SSSR count). The van der Waals surface area contributed by atoms with Crippen molar-refractivity contribution >= 4 is 17.3 Å². The third-order valence-electron chi connectivity index (χ3n) is 4.36. The summed E-state index contributed by atoms with van der Waals surface area (Å²) in [4.78, 5) is 25.4. The van der Waals surface area contributed by atoms with E-state index in [9.17, 15) is 14.7 Å². The first kappa shape index (κ1) is 17.0. The second-order valence-electron chi connectivity index (χ2n) is 5.94. The summed E-state index contributed by atoms with van der Waals surface area (Å²) in [5.74, 6) is -0.949. The zero-order valence-corrected chi connectivity index (χ0v) is 14.0. The van der Waals surface area contributed by atoms with E-state index in [-0.39, 0.29) is 45.5 Å². The molecular formula is C19H19NO5. The van der Waals surface area contributed by atoms with E-state index < -0.39 is 11.6 Å². The number of anilines is 1. The minimum absolute atomic E-state index is 0.00140. The first-order valence-corrected chi connectivity index (χ1v) is 7.95. The molecule has 0 spiro atoms. The van der Waals surface area contributed by atoms with Gasteiger partial charge < -0.3 is 20.3 Å². The maximum absolute atomic E-state index is 12.8. The molecule has 0 saturated carbocycles. The lowest BCUT2D eigenvalue weighted by molar-refractivity contribution is 0.0952. The van der Waals surface area contributed by atoms with Crippen molar-refractivity contribution in [2.45, 2.75) is 19.4 Å². The summed E-state index contributed by atoms with van der Waals surface area (Å²) in [7, 11) is 1.60. The number of fused-ring (bicyclic) bond motifs is 2. The first-order valence-electron chi connectivity index (χ1n) is 7.95.